The molecule has 0 aromatic heterocycles. The minimum Gasteiger partial charge on any atom is -0.444 e. The molecule has 1 aromatic carbocycles. The highest BCUT2D eigenvalue weighted by atomic mass is 127. The van der Waals surface area contributed by atoms with Crippen molar-refractivity contribution in [1.29, 1.82) is 0 Å². The van der Waals surface area contributed by atoms with Gasteiger partial charge in [0.1, 0.15) is 5.60 Å². The molecule has 0 fully saturated rings. The number of hydrogen-bond acceptors (Lipinski definition) is 2. The molecular weight excluding hydrogens is 521 g/mol. The minimum absolute atomic E-state index is 0.184. The Morgan fingerprint density at radius 3 is 2.24 bits per heavy atom. The third-order valence-corrected chi connectivity index (χ3v) is 8.52. The van der Waals surface area contributed by atoms with Crippen molar-refractivity contribution in [2.24, 2.45) is 11.3 Å². The average Bonchev–Trinajstić information content (AvgIpc) is 2.66. The van der Waals surface area contributed by atoms with Crippen LogP contribution in [0.4, 0.5) is 4.79 Å². The van der Waals surface area contributed by atoms with Gasteiger partial charge >= 0.3 is 6.09 Å². The number of nitrogens with zero attached hydrogens (tertiary/aromatic N) is 1. The molecule has 1 aromatic rings. The van der Waals surface area contributed by atoms with E-state index in [9.17, 15) is 4.79 Å². The maximum absolute atomic E-state index is 12.8. The zero-order chi connectivity index (χ0) is 25.4. The molecule has 1 rings (SSSR count). The van der Waals surface area contributed by atoms with Crippen molar-refractivity contribution in [3.05, 3.63) is 34.9 Å². The molecule has 0 aliphatic rings. The van der Waals surface area contributed by atoms with Gasteiger partial charge in [0.05, 0.1) is 0 Å². The molecule has 0 N–H and O–H groups in total. The first-order valence-electron chi connectivity index (χ1n) is 12.9. The van der Waals surface area contributed by atoms with Crippen LogP contribution in [-0.2, 0) is 17.6 Å². The van der Waals surface area contributed by atoms with Crippen LogP contribution < -0.4 is 0 Å². The number of halogens is 1. The summed E-state index contributed by atoms with van der Waals surface area (Å²) in [6.07, 6.45) is 6.36. The number of ether oxygens (including phenoxy) is 1. The van der Waals surface area contributed by atoms with Gasteiger partial charge in [0.15, 0.2) is 0 Å². The zero-order valence-electron chi connectivity index (χ0n) is 23.1. The van der Waals surface area contributed by atoms with Crippen molar-refractivity contribution in [1.82, 2.24) is 4.90 Å². The Balaban J connectivity index is 2.95. The van der Waals surface area contributed by atoms with E-state index in [2.05, 4.69) is 89.3 Å². The molecule has 0 spiro atoms. The Labute approximate surface area is 218 Å². The summed E-state index contributed by atoms with van der Waals surface area (Å²) in [5.41, 5.74) is 4.20. The van der Waals surface area contributed by atoms with Crippen LogP contribution in [0.5, 0.6) is 0 Å². The maximum Gasteiger partial charge on any atom is 0.410 e. The molecule has 0 aliphatic carbocycles. The fraction of sp³-hybridized carbons (Fsp3) is 0.759. The van der Waals surface area contributed by atoms with Gasteiger partial charge in [-0.1, -0.05) is 88.8 Å². The number of carbonyl (C=O) groups is 1. The third-order valence-electron chi connectivity index (χ3n) is 7.05. The van der Waals surface area contributed by atoms with Crippen LogP contribution in [0.25, 0.3) is 0 Å². The van der Waals surface area contributed by atoms with E-state index < -0.39 is 5.60 Å². The lowest BCUT2D eigenvalue weighted by Gasteiger charge is -2.37. The summed E-state index contributed by atoms with van der Waals surface area (Å²) in [5.74, 6) is 0.425. The Morgan fingerprint density at radius 2 is 1.73 bits per heavy atom. The summed E-state index contributed by atoms with van der Waals surface area (Å²) in [6, 6.07) is 6.74. The first-order chi connectivity index (χ1) is 15.1. The molecule has 0 saturated carbocycles. The summed E-state index contributed by atoms with van der Waals surface area (Å²) in [5, 5.41) is 0. The normalized spacial score (nSPS) is 13.7. The molecule has 33 heavy (non-hydrogen) atoms. The van der Waals surface area contributed by atoms with E-state index in [1.54, 1.807) is 0 Å². The van der Waals surface area contributed by atoms with Crippen LogP contribution in [0.15, 0.2) is 18.2 Å². The van der Waals surface area contributed by atoms with Crippen LogP contribution in [0, 0.1) is 18.3 Å². The SMILES string of the molecule is CCCN(CC(CC)Cc1cccc(C)c1CCCC(C)(C)C(C)(C)I)C(=O)OC(C)(C)C. The van der Waals surface area contributed by atoms with Gasteiger partial charge in [0, 0.05) is 16.5 Å². The van der Waals surface area contributed by atoms with Crippen LogP contribution in [0.1, 0.15) is 105 Å². The van der Waals surface area contributed by atoms with Gasteiger partial charge in [-0.25, -0.2) is 4.79 Å². The summed E-state index contributed by atoms with van der Waals surface area (Å²) in [4.78, 5) is 14.7. The Bertz CT molecular complexity index is 743. The fourth-order valence-corrected chi connectivity index (χ4v) is 4.40. The Kier molecular flexibility index (Phi) is 11.7. The van der Waals surface area contributed by atoms with Crippen molar-refractivity contribution in [2.75, 3.05) is 13.1 Å². The smallest absolute Gasteiger partial charge is 0.410 e. The van der Waals surface area contributed by atoms with Crippen molar-refractivity contribution >= 4 is 28.7 Å². The van der Waals surface area contributed by atoms with E-state index in [0.717, 1.165) is 38.8 Å². The molecule has 1 unspecified atom stereocenters. The number of benzene rings is 1. The lowest BCUT2D eigenvalue weighted by atomic mass is 9.76. The number of alkyl halides is 1. The second-order valence-corrected chi connectivity index (χ2v) is 14.5. The number of carbonyl (C=O) groups excluding carboxylic acids is 1. The largest absolute Gasteiger partial charge is 0.444 e. The predicted octanol–water partition coefficient (Wildman–Crippen LogP) is 8.77. The molecule has 1 atom stereocenters. The molecule has 0 bridgehead atoms. The maximum atomic E-state index is 12.8. The van der Waals surface area contributed by atoms with E-state index >= 15 is 0 Å². The average molecular weight is 572 g/mol. The number of aryl methyl sites for hydroxylation is 1. The second kappa shape index (κ2) is 12.8. The fourth-order valence-electron chi connectivity index (χ4n) is 4.13. The van der Waals surface area contributed by atoms with Crippen molar-refractivity contribution < 1.29 is 9.53 Å². The highest BCUT2D eigenvalue weighted by molar-refractivity contribution is 14.1. The van der Waals surface area contributed by atoms with E-state index in [-0.39, 0.29) is 9.51 Å². The molecule has 3 nitrogen and oxygen atoms in total. The molecule has 0 aliphatic heterocycles. The zero-order valence-corrected chi connectivity index (χ0v) is 25.3. The second-order valence-electron chi connectivity index (χ2n) is 11.8. The lowest BCUT2D eigenvalue weighted by Crippen LogP contribution is -2.40. The quantitative estimate of drug-likeness (QED) is 0.185. The summed E-state index contributed by atoms with van der Waals surface area (Å²) in [7, 11) is 0. The molecule has 0 radical (unpaired) electrons. The van der Waals surface area contributed by atoms with Crippen LogP contribution in [-0.4, -0.2) is 33.1 Å². The molecular formula is C29H50INO2. The standard InChI is InChI=1S/C29H50INO2/c1-11-19-31(26(32)33-27(4,5)6)21-23(12-2)20-24-16-13-15-22(3)25(24)17-14-18-28(7,8)29(9,10)30/h13,15-16,23H,11-12,14,17-21H2,1-10H3. The third kappa shape index (κ3) is 10.2. The van der Waals surface area contributed by atoms with E-state index in [0.29, 0.717) is 11.3 Å². The van der Waals surface area contributed by atoms with E-state index in [1.807, 2.05) is 25.7 Å². The van der Waals surface area contributed by atoms with Gasteiger partial charge in [0.2, 0.25) is 0 Å². The monoisotopic (exact) mass is 571 g/mol. The van der Waals surface area contributed by atoms with Crippen molar-refractivity contribution in [3.8, 4) is 0 Å². The predicted molar refractivity (Wildman–Crippen MR) is 152 cm³/mol. The van der Waals surface area contributed by atoms with Gasteiger partial charge in [-0.05, 0) is 87.8 Å². The summed E-state index contributed by atoms with van der Waals surface area (Å²) < 4.78 is 5.96. The van der Waals surface area contributed by atoms with Gasteiger partial charge in [0.25, 0.3) is 0 Å². The molecule has 0 saturated heterocycles. The molecule has 0 heterocycles. The number of amides is 1. The van der Waals surface area contributed by atoms with Crippen LogP contribution >= 0.6 is 22.6 Å². The van der Waals surface area contributed by atoms with Gasteiger partial charge in [-0.2, -0.15) is 0 Å². The topological polar surface area (TPSA) is 29.5 Å². The number of rotatable bonds is 12. The first kappa shape index (κ1) is 30.3. The van der Waals surface area contributed by atoms with Gasteiger partial charge in [-0.15, -0.1) is 0 Å². The van der Waals surface area contributed by atoms with Crippen molar-refractivity contribution in [3.63, 3.8) is 0 Å². The molecule has 190 valence electrons. The lowest BCUT2D eigenvalue weighted by molar-refractivity contribution is 0.0218. The summed E-state index contributed by atoms with van der Waals surface area (Å²) >= 11 is 2.60. The first-order valence-corrected chi connectivity index (χ1v) is 13.9. The molecule has 1 amide bonds. The van der Waals surface area contributed by atoms with Crippen LogP contribution in [0.3, 0.4) is 0 Å². The Morgan fingerprint density at radius 1 is 1.09 bits per heavy atom. The molecule has 4 heteroatoms. The van der Waals surface area contributed by atoms with Crippen molar-refractivity contribution in [2.45, 2.75) is 117 Å². The van der Waals surface area contributed by atoms with E-state index in [1.165, 1.54) is 29.5 Å². The number of hydrogen-bond donors (Lipinski definition) is 0. The van der Waals surface area contributed by atoms with Crippen LogP contribution in [0.2, 0.25) is 0 Å². The highest BCUT2D eigenvalue weighted by Gasteiger charge is 2.33. The summed E-state index contributed by atoms with van der Waals surface area (Å²) in [6.45, 7) is 23.4. The minimum atomic E-state index is -0.464. The van der Waals surface area contributed by atoms with Gasteiger partial charge in [-0.3, -0.25) is 0 Å². The van der Waals surface area contributed by atoms with E-state index in [4.69, 9.17) is 4.74 Å². The Hall–Kier alpha value is -0.780. The van der Waals surface area contributed by atoms with Gasteiger partial charge < -0.3 is 9.64 Å². The highest BCUT2D eigenvalue weighted by Crippen LogP contribution is 2.42.